The first kappa shape index (κ1) is 12.3. The molecule has 19 heavy (non-hydrogen) atoms. The third-order valence-electron chi connectivity index (χ3n) is 3.72. The maximum absolute atomic E-state index is 9.44. The van der Waals surface area contributed by atoms with Crippen LogP contribution in [0.25, 0.3) is 0 Å². The minimum Gasteiger partial charge on any atom is -0.490 e. The minimum absolute atomic E-state index is 0.167. The van der Waals surface area contributed by atoms with Gasteiger partial charge in [0.1, 0.15) is 6.04 Å². The summed E-state index contributed by atoms with van der Waals surface area (Å²) in [5.74, 6) is 1.56. The molecule has 0 bridgehead atoms. The normalized spacial score (nSPS) is 20.6. The van der Waals surface area contributed by atoms with Crippen LogP contribution in [-0.4, -0.2) is 31.2 Å². The van der Waals surface area contributed by atoms with Crippen molar-refractivity contribution in [2.45, 2.75) is 25.3 Å². The second kappa shape index (κ2) is 5.50. The van der Waals surface area contributed by atoms with E-state index in [9.17, 15) is 5.26 Å². The molecule has 0 radical (unpaired) electrons. The molecule has 0 amide bonds. The number of hydrogen-bond donors (Lipinski definition) is 0. The molecule has 1 aromatic carbocycles. The van der Waals surface area contributed by atoms with Crippen LogP contribution in [0, 0.1) is 11.3 Å². The maximum Gasteiger partial charge on any atom is 0.161 e. The van der Waals surface area contributed by atoms with Gasteiger partial charge in [0.15, 0.2) is 11.5 Å². The first-order valence-corrected chi connectivity index (χ1v) is 6.92. The van der Waals surface area contributed by atoms with Crippen LogP contribution in [0.2, 0.25) is 0 Å². The highest BCUT2D eigenvalue weighted by atomic mass is 16.5. The van der Waals surface area contributed by atoms with E-state index >= 15 is 0 Å². The fourth-order valence-corrected chi connectivity index (χ4v) is 2.72. The summed E-state index contributed by atoms with van der Waals surface area (Å²) in [6, 6.07) is 8.12. The molecule has 1 aromatic rings. The fraction of sp³-hybridized carbons (Fsp3) is 0.533. The van der Waals surface area contributed by atoms with Gasteiger partial charge in [-0.25, -0.2) is 0 Å². The Bertz CT molecular complexity index is 489. The van der Waals surface area contributed by atoms with E-state index in [2.05, 4.69) is 11.0 Å². The van der Waals surface area contributed by atoms with Crippen molar-refractivity contribution in [3.05, 3.63) is 23.8 Å². The maximum atomic E-state index is 9.44. The standard InChI is InChI=1S/C15H18N2O2/c16-11-13(17-6-1-2-7-17)12-4-5-14-15(10-12)19-9-3-8-18-14/h4-5,10,13H,1-3,6-9H2. The van der Waals surface area contributed by atoms with E-state index in [1.165, 1.54) is 12.8 Å². The highest BCUT2D eigenvalue weighted by molar-refractivity contribution is 5.45. The number of likely N-dealkylation sites (tertiary alicyclic amines) is 1. The van der Waals surface area contributed by atoms with Gasteiger partial charge in [0.25, 0.3) is 0 Å². The molecular weight excluding hydrogens is 240 g/mol. The van der Waals surface area contributed by atoms with E-state index in [1.807, 2.05) is 18.2 Å². The van der Waals surface area contributed by atoms with Crippen LogP contribution in [0.5, 0.6) is 11.5 Å². The van der Waals surface area contributed by atoms with Gasteiger partial charge in [0.05, 0.1) is 19.3 Å². The van der Waals surface area contributed by atoms with Crippen molar-refractivity contribution in [3.63, 3.8) is 0 Å². The number of rotatable bonds is 2. The highest BCUT2D eigenvalue weighted by Crippen LogP contribution is 2.34. The summed E-state index contributed by atoms with van der Waals surface area (Å²) in [6.07, 6.45) is 3.27. The second-order valence-corrected chi connectivity index (χ2v) is 5.03. The van der Waals surface area contributed by atoms with Crippen molar-refractivity contribution in [1.29, 1.82) is 5.26 Å². The van der Waals surface area contributed by atoms with Crippen LogP contribution >= 0.6 is 0 Å². The van der Waals surface area contributed by atoms with Crippen molar-refractivity contribution >= 4 is 0 Å². The zero-order valence-corrected chi connectivity index (χ0v) is 11.0. The molecule has 2 aliphatic heterocycles. The van der Waals surface area contributed by atoms with Gasteiger partial charge in [-0.1, -0.05) is 6.07 Å². The Kier molecular flexibility index (Phi) is 3.56. The lowest BCUT2D eigenvalue weighted by molar-refractivity contribution is 0.291. The predicted octanol–water partition coefficient (Wildman–Crippen LogP) is 2.51. The van der Waals surface area contributed by atoms with E-state index < -0.39 is 0 Å². The van der Waals surface area contributed by atoms with Crippen LogP contribution in [-0.2, 0) is 0 Å². The van der Waals surface area contributed by atoms with Gasteiger partial charge in [-0.05, 0) is 43.6 Å². The molecular formula is C15H18N2O2. The van der Waals surface area contributed by atoms with Gasteiger partial charge >= 0.3 is 0 Å². The van der Waals surface area contributed by atoms with Crippen molar-refractivity contribution < 1.29 is 9.47 Å². The number of hydrogen-bond acceptors (Lipinski definition) is 4. The van der Waals surface area contributed by atoms with Crippen LogP contribution in [0.15, 0.2) is 18.2 Å². The lowest BCUT2D eigenvalue weighted by Crippen LogP contribution is -2.24. The smallest absolute Gasteiger partial charge is 0.161 e. The monoisotopic (exact) mass is 258 g/mol. The molecule has 1 saturated heterocycles. The molecule has 1 unspecified atom stereocenters. The SMILES string of the molecule is N#CC(c1ccc2c(c1)OCCCO2)N1CCCC1. The van der Waals surface area contributed by atoms with E-state index in [-0.39, 0.29) is 6.04 Å². The molecule has 2 aliphatic rings. The Morgan fingerprint density at radius 2 is 1.79 bits per heavy atom. The molecule has 2 heterocycles. The highest BCUT2D eigenvalue weighted by Gasteiger charge is 2.24. The van der Waals surface area contributed by atoms with Gasteiger partial charge in [-0.3, -0.25) is 4.90 Å². The lowest BCUT2D eigenvalue weighted by atomic mass is 10.1. The molecule has 1 atom stereocenters. The van der Waals surface area contributed by atoms with Gasteiger partial charge in [-0.2, -0.15) is 5.26 Å². The predicted molar refractivity (Wildman–Crippen MR) is 71.2 cm³/mol. The molecule has 3 rings (SSSR count). The van der Waals surface area contributed by atoms with Crippen molar-refractivity contribution in [3.8, 4) is 17.6 Å². The zero-order valence-electron chi connectivity index (χ0n) is 11.0. The molecule has 0 saturated carbocycles. The van der Waals surface area contributed by atoms with E-state index in [1.54, 1.807) is 0 Å². The summed E-state index contributed by atoms with van der Waals surface area (Å²) >= 11 is 0. The van der Waals surface area contributed by atoms with Crippen LogP contribution in [0.3, 0.4) is 0 Å². The Morgan fingerprint density at radius 3 is 2.53 bits per heavy atom. The third-order valence-corrected chi connectivity index (χ3v) is 3.72. The van der Waals surface area contributed by atoms with Crippen molar-refractivity contribution in [2.24, 2.45) is 0 Å². The zero-order chi connectivity index (χ0) is 13.1. The summed E-state index contributed by atoms with van der Waals surface area (Å²) in [4.78, 5) is 2.24. The number of benzene rings is 1. The number of ether oxygens (including phenoxy) is 2. The molecule has 0 spiro atoms. The summed E-state index contributed by atoms with van der Waals surface area (Å²) in [5, 5.41) is 9.44. The molecule has 0 N–H and O–H groups in total. The largest absolute Gasteiger partial charge is 0.490 e. The van der Waals surface area contributed by atoms with Crippen LogP contribution < -0.4 is 9.47 Å². The average molecular weight is 258 g/mol. The van der Waals surface area contributed by atoms with E-state index in [0.29, 0.717) is 13.2 Å². The third kappa shape index (κ3) is 2.52. The van der Waals surface area contributed by atoms with Gasteiger partial charge in [0.2, 0.25) is 0 Å². The number of nitrogens with zero attached hydrogens (tertiary/aromatic N) is 2. The second-order valence-electron chi connectivity index (χ2n) is 5.03. The first-order chi connectivity index (χ1) is 9.38. The molecule has 4 heteroatoms. The average Bonchev–Trinajstić information content (AvgIpc) is 2.85. The Morgan fingerprint density at radius 1 is 1.05 bits per heavy atom. The van der Waals surface area contributed by atoms with Crippen molar-refractivity contribution in [1.82, 2.24) is 4.90 Å². The first-order valence-electron chi connectivity index (χ1n) is 6.92. The topological polar surface area (TPSA) is 45.5 Å². The number of nitriles is 1. The molecule has 4 nitrogen and oxygen atoms in total. The molecule has 1 fully saturated rings. The van der Waals surface area contributed by atoms with Crippen LogP contribution in [0.4, 0.5) is 0 Å². The summed E-state index contributed by atoms with van der Waals surface area (Å²) in [6.45, 7) is 3.39. The Hall–Kier alpha value is -1.73. The molecule has 0 aromatic heterocycles. The minimum atomic E-state index is -0.167. The molecule has 100 valence electrons. The van der Waals surface area contributed by atoms with Crippen molar-refractivity contribution in [2.75, 3.05) is 26.3 Å². The van der Waals surface area contributed by atoms with Gasteiger partial charge in [0, 0.05) is 6.42 Å². The van der Waals surface area contributed by atoms with E-state index in [0.717, 1.165) is 36.6 Å². The Balaban J connectivity index is 1.87. The Labute approximate surface area is 113 Å². The summed E-state index contributed by atoms with van der Waals surface area (Å²) < 4.78 is 11.3. The summed E-state index contributed by atoms with van der Waals surface area (Å²) in [7, 11) is 0. The number of fused-ring (bicyclic) bond motifs is 1. The van der Waals surface area contributed by atoms with E-state index in [4.69, 9.17) is 9.47 Å². The van der Waals surface area contributed by atoms with Gasteiger partial charge < -0.3 is 9.47 Å². The quantitative estimate of drug-likeness (QED) is 0.817. The van der Waals surface area contributed by atoms with Gasteiger partial charge in [-0.15, -0.1) is 0 Å². The molecule has 0 aliphatic carbocycles. The summed E-state index contributed by atoms with van der Waals surface area (Å²) in [5.41, 5.74) is 1.01. The fourth-order valence-electron chi connectivity index (χ4n) is 2.72. The lowest BCUT2D eigenvalue weighted by Gasteiger charge is -2.22. The van der Waals surface area contributed by atoms with Crippen LogP contribution in [0.1, 0.15) is 30.9 Å².